The number of aryl methyl sites for hydroxylation is 2. The van der Waals surface area contributed by atoms with Crippen LogP contribution in [0.3, 0.4) is 0 Å². The van der Waals surface area contributed by atoms with Gasteiger partial charge in [-0.2, -0.15) is 5.10 Å². The molecule has 6 nitrogen and oxygen atoms in total. The Labute approximate surface area is 138 Å². The molecule has 0 spiro atoms. The second-order valence-corrected chi connectivity index (χ2v) is 7.27. The first-order valence-corrected chi connectivity index (χ1v) is 8.49. The number of amides is 2. The number of nitrogens with one attached hydrogen (secondary N) is 1. The number of fused-ring (bicyclic) bond motifs is 1. The Morgan fingerprint density at radius 3 is 2.87 bits per heavy atom. The van der Waals surface area contributed by atoms with E-state index in [0.717, 1.165) is 35.5 Å². The van der Waals surface area contributed by atoms with E-state index in [9.17, 15) is 9.59 Å². The Morgan fingerprint density at radius 2 is 2.17 bits per heavy atom. The van der Waals surface area contributed by atoms with Crippen LogP contribution in [0, 0.1) is 13.8 Å². The molecule has 0 radical (unpaired) electrons. The lowest BCUT2D eigenvalue weighted by Gasteiger charge is -2.21. The second-order valence-electron chi connectivity index (χ2n) is 6.01. The average Bonchev–Trinajstić information content (AvgIpc) is 2.99. The molecule has 1 aliphatic heterocycles. The van der Waals surface area contributed by atoms with Gasteiger partial charge in [-0.3, -0.25) is 14.3 Å². The van der Waals surface area contributed by atoms with Crippen LogP contribution in [0.25, 0.3) is 0 Å². The van der Waals surface area contributed by atoms with Crippen LogP contribution in [0.4, 0.5) is 5.00 Å². The highest BCUT2D eigenvalue weighted by molar-refractivity contribution is 7.16. The summed E-state index contributed by atoms with van der Waals surface area (Å²) in [7, 11) is 0. The summed E-state index contributed by atoms with van der Waals surface area (Å²) in [4.78, 5) is 25.2. The minimum Gasteiger partial charge on any atom is -0.366 e. The standard InChI is InChI=1S/C16H20N4O2S/c1-8-5-4-6-12-13(10(3)19-20(8)12)15(22)18-16-11(14(17)21)7-9(2)23-16/h7-8H,4-6H2,1-3H3,(H2,17,21)(H,18,22). The number of thiophene rings is 1. The van der Waals surface area contributed by atoms with Crippen LogP contribution < -0.4 is 11.1 Å². The normalized spacial score (nSPS) is 16.9. The number of carbonyl (C=O) groups excluding carboxylic acids is 2. The number of nitrogens with two attached hydrogens (primary N) is 1. The molecule has 1 aliphatic rings. The molecular weight excluding hydrogens is 312 g/mol. The fraction of sp³-hybridized carbons (Fsp3) is 0.438. The average molecular weight is 332 g/mol. The minimum absolute atomic E-state index is 0.220. The Kier molecular flexibility index (Phi) is 3.97. The van der Waals surface area contributed by atoms with Gasteiger partial charge in [0.1, 0.15) is 5.00 Å². The van der Waals surface area contributed by atoms with Crippen molar-refractivity contribution in [2.24, 2.45) is 5.73 Å². The molecular formula is C16H20N4O2S. The highest BCUT2D eigenvalue weighted by atomic mass is 32.1. The predicted octanol–water partition coefficient (Wildman–Crippen LogP) is 2.81. The lowest BCUT2D eigenvalue weighted by molar-refractivity contribution is 0.100. The summed E-state index contributed by atoms with van der Waals surface area (Å²) in [6.07, 6.45) is 2.97. The van der Waals surface area contributed by atoms with Crippen LogP contribution in [0.15, 0.2) is 6.07 Å². The third-order valence-corrected chi connectivity index (χ3v) is 5.18. The minimum atomic E-state index is -0.535. The third kappa shape index (κ3) is 2.76. The molecule has 0 saturated heterocycles. The van der Waals surface area contributed by atoms with Gasteiger partial charge in [0.15, 0.2) is 0 Å². The SMILES string of the molecule is Cc1cc(C(N)=O)c(NC(=O)c2c(C)nn3c2CCCC3C)s1. The molecule has 1 atom stereocenters. The second kappa shape index (κ2) is 5.81. The first-order chi connectivity index (χ1) is 10.9. The Balaban J connectivity index is 1.95. The fourth-order valence-electron chi connectivity index (χ4n) is 3.14. The molecule has 1 unspecified atom stereocenters. The molecule has 3 N–H and O–H groups in total. The fourth-order valence-corrected chi connectivity index (χ4v) is 4.05. The number of anilines is 1. The molecule has 2 aromatic rings. The smallest absolute Gasteiger partial charge is 0.260 e. The van der Waals surface area contributed by atoms with Crippen LogP contribution >= 0.6 is 11.3 Å². The number of carbonyl (C=O) groups is 2. The molecule has 2 aromatic heterocycles. The summed E-state index contributed by atoms with van der Waals surface area (Å²) in [5, 5.41) is 7.87. The van der Waals surface area contributed by atoms with Crippen molar-refractivity contribution in [1.29, 1.82) is 0 Å². The van der Waals surface area contributed by atoms with Gasteiger partial charge in [-0.25, -0.2) is 0 Å². The number of hydrogen-bond donors (Lipinski definition) is 2. The van der Waals surface area contributed by atoms with Gasteiger partial charge in [0.2, 0.25) is 0 Å². The molecule has 23 heavy (non-hydrogen) atoms. The Bertz CT molecular complexity index is 790. The zero-order valence-corrected chi connectivity index (χ0v) is 14.3. The van der Waals surface area contributed by atoms with Gasteiger partial charge in [0.05, 0.1) is 22.5 Å². The summed E-state index contributed by atoms with van der Waals surface area (Å²) in [6, 6.07) is 2.01. The maximum absolute atomic E-state index is 12.7. The molecule has 0 aromatic carbocycles. The number of nitrogens with zero attached hydrogens (tertiary/aromatic N) is 2. The van der Waals surface area contributed by atoms with E-state index in [2.05, 4.69) is 17.3 Å². The van der Waals surface area contributed by atoms with E-state index in [-0.39, 0.29) is 5.91 Å². The number of aromatic nitrogens is 2. The maximum atomic E-state index is 12.7. The molecule has 0 saturated carbocycles. The molecule has 3 heterocycles. The van der Waals surface area contributed by atoms with E-state index in [1.54, 1.807) is 6.07 Å². The number of rotatable bonds is 3. The molecule has 0 aliphatic carbocycles. The number of primary amides is 1. The van der Waals surface area contributed by atoms with Gasteiger partial charge in [-0.15, -0.1) is 11.3 Å². The van der Waals surface area contributed by atoms with Gasteiger partial charge in [-0.1, -0.05) is 0 Å². The Hall–Kier alpha value is -2.15. The van der Waals surface area contributed by atoms with E-state index in [0.29, 0.717) is 22.2 Å². The first kappa shape index (κ1) is 15.7. The van der Waals surface area contributed by atoms with Gasteiger partial charge >= 0.3 is 0 Å². The van der Waals surface area contributed by atoms with Crippen LogP contribution in [-0.2, 0) is 6.42 Å². The van der Waals surface area contributed by atoms with Crippen LogP contribution in [0.5, 0.6) is 0 Å². The van der Waals surface area contributed by atoms with Crippen molar-refractivity contribution in [3.8, 4) is 0 Å². The van der Waals surface area contributed by atoms with Crippen molar-refractivity contribution in [1.82, 2.24) is 9.78 Å². The largest absolute Gasteiger partial charge is 0.366 e. The zero-order chi connectivity index (χ0) is 16.7. The highest BCUT2D eigenvalue weighted by Gasteiger charge is 2.27. The summed E-state index contributed by atoms with van der Waals surface area (Å²) < 4.78 is 1.96. The van der Waals surface area contributed by atoms with Crippen molar-refractivity contribution in [3.63, 3.8) is 0 Å². The van der Waals surface area contributed by atoms with Gasteiger partial charge in [0, 0.05) is 10.9 Å². The van der Waals surface area contributed by atoms with Crippen molar-refractivity contribution in [3.05, 3.63) is 33.5 Å². The summed E-state index contributed by atoms with van der Waals surface area (Å²) in [5.74, 6) is -0.755. The molecule has 2 amide bonds. The van der Waals surface area contributed by atoms with Gasteiger partial charge in [-0.05, 0) is 46.1 Å². The van der Waals surface area contributed by atoms with Gasteiger partial charge in [0.25, 0.3) is 11.8 Å². The topological polar surface area (TPSA) is 90.0 Å². The quantitative estimate of drug-likeness (QED) is 0.905. The van der Waals surface area contributed by atoms with E-state index in [1.165, 1.54) is 11.3 Å². The Morgan fingerprint density at radius 1 is 1.43 bits per heavy atom. The summed E-state index contributed by atoms with van der Waals surface area (Å²) >= 11 is 1.35. The van der Waals surface area contributed by atoms with E-state index >= 15 is 0 Å². The van der Waals surface area contributed by atoms with Crippen molar-refractivity contribution in [2.75, 3.05) is 5.32 Å². The molecule has 122 valence electrons. The van der Waals surface area contributed by atoms with Crippen molar-refractivity contribution in [2.45, 2.75) is 46.1 Å². The van der Waals surface area contributed by atoms with Crippen LogP contribution in [-0.4, -0.2) is 21.6 Å². The first-order valence-electron chi connectivity index (χ1n) is 7.68. The molecule has 0 fully saturated rings. The zero-order valence-electron chi connectivity index (χ0n) is 13.5. The van der Waals surface area contributed by atoms with Gasteiger partial charge < -0.3 is 11.1 Å². The predicted molar refractivity (Wildman–Crippen MR) is 90.1 cm³/mol. The summed E-state index contributed by atoms with van der Waals surface area (Å²) in [5.41, 5.74) is 8.06. The highest BCUT2D eigenvalue weighted by Crippen LogP contribution is 2.31. The lowest BCUT2D eigenvalue weighted by atomic mass is 10.0. The third-order valence-electron chi connectivity index (χ3n) is 4.21. The van der Waals surface area contributed by atoms with Crippen LogP contribution in [0.1, 0.15) is 62.8 Å². The van der Waals surface area contributed by atoms with E-state index in [4.69, 9.17) is 5.73 Å². The monoisotopic (exact) mass is 332 g/mol. The molecule has 7 heteroatoms. The maximum Gasteiger partial charge on any atom is 0.260 e. The lowest BCUT2D eigenvalue weighted by Crippen LogP contribution is -2.21. The number of hydrogen-bond acceptors (Lipinski definition) is 4. The van der Waals surface area contributed by atoms with E-state index in [1.807, 2.05) is 18.5 Å². The van der Waals surface area contributed by atoms with Crippen molar-refractivity contribution >= 4 is 28.2 Å². The van der Waals surface area contributed by atoms with Crippen LogP contribution in [0.2, 0.25) is 0 Å². The van der Waals surface area contributed by atoms with E-state index < -0.39 is 5.91 Å². The molecule has 0 bridgehead atoms. The van der Waals surface area contributed by atoms with Crippen molar-refractivity contribution < 1.29 is 9.59 Å². The molecule has 3 rings (SSSR count). The summed E-state index contributed by atoms with van der Waals surface area (Å²) in [6.45, 7) is 5.84.